The quantitative estimate of drug-likeness (QED) is 0.533. The average Bonchev–Trinajstić information content (AvgIpc) is 3.10. The summed E-state index contributed by atoms with van der Waals surface area (Å²) in [6, 6.07) is 29.4. The van der Waals surface area contributed by atoms with Crippen LogP contribution in [0, 0.1) is 0 Å². The number of hydrogen-bond acceptors (Lipinski definition) is 2. The molecule has 5 nitrogen and oxygen atoms in total. The van der Waals surface area contributed by atoms with E-state index in [1.54, 1.807) is 9.80 Å². The largest absolute Gasteiger partial charge is 0.337 e. The lowest BCUT2D eigenvalue weighted by atomic mass is 10.2. The van der Waals surface area contributed by atoms with Crippen LogP contribution in [-0.4, -0.2) is 15.6 Å². The molecule has 0 atom stereocenters. The number of fused-ring (bicyclic) bond motifs is 1. The molecule has 1 aliphatic rings. The lowest BCUT2D eigenvalue weighted by Crippen LogP contribution is -2.37. The predicted molar refractivity (Wildman–Crippen MR) is 119 cm³/mol. The monoisotopic (exact) mass is 392 g/mol. The molecule has 2 heterocycles. The molecule has 1 aliphatic heterocycles. The Morgan fingerprint density at radius 2 is 1.20 bits per heavy atom. The van der Waals surface area contributed by atoms with Gasteiger partial charge in [0, 0.05) is 18.9 Å². The third-order valence-corrected chi connectivity index (χ3v) is 5.09. The first-order chi connectivity index (χ1) is 14.8. The van der Waals surface area contributed by atoms with Gasteiger partial charge in [0.05, 0.1) is 23.1 Å². The highest BCUT2D eigenvalue weighted by Crippen LogP contribution is 2.22. The van der Waals surface area contributed by atoms with Crippen LogP contribution in [0.5, 0.6) is 0 Å². The van der Waals surface area contributed by atoms with Crippen molar-refractivity contribution in [3.8, 4) is 0 Å². The summed E-state index contributed by atoms with van der Waals surface area (Å²) in [5.74, 6) is 0. The van der Waals surface area contributed by atoms with Gasteiger partial charge in [-0.2, -0.15) is 0 Å². The molecule has 30 heavy (non-hydrogen) atoms. The zero-order valence-corrected chi connectivity index (χ0v) is 16.3. The first-order valence-corrected chi connectivity index (χ1v) is 9.81. The van der Waals surface area contributed by atoms with Crippen molar-refractivity contribution in [1.29, 1.82) is 0 Å². The first-order valence-electron chi connectivity index (χ1n) is 9.81. The molecule has 5 rings (SSSR count). The Labute approximate surface area is 174 Å². The summed E-state index contributed by atoms with van der Waals surface area (Å²) in [6.45, 7) is 0.676. The van der Waals surface area contributed by atoms with E-state index >= 15 is 0 Å². The summed E-state index contributed by atoms with van der Waals surface area (Å²) in [5, 5.41) is 1.64. The van der Waals surface area contributed by atoms with E-state index in [9.17, 15) is 4.79 Å². The Morgan fingerprint density at radius 1 is 0.667 bits per heavy atom. The minimum atomic E-state index is -0.156. The Kier molecular flexibility index (Phi) is 4.62. The number of carbonyl (C=O) groups excluding carboxylic acids is 1. The highest BCUT2D eigenvalue weighted by Gasteiger charge is 2.24. The second kappa shape index (κ2) is 7.72. The first kappa shape index (κ1) is 17.9. The minimum Gasteiger partial charge on any atom is -0.325 e. The van der Waals surface area contributed by atoms with Gasteiger partial charge in [0.25, 0.3) is 0 Å². The molecule has 5 heteroatoms. The molecular weight excluding hydrogens is 372 g/mol. The second-order valence-corrected chi connectivity index (χ2v) is 7.08. The van der Waals surface area contributed by atoms with E-state index in [0.29, 0.717) is 6.54 Å². The van der Waals surface area contributed by atoms with Gasteiger partial charge in [-0.25, -0.2) is 9.78 Å². The van der Waals surface area contributed by atoms with Crippen LogP contribution in [0.25, 0.3) is 12.4 Å². The number of nitrogens with zero attached hydrogens (tertiary/aromatic N) is 4. The lowest BCUT2D eigenvalue weighted by molar-refractivity contribution is 0.256. The van der Waals surface area contributed by atoms with Crippen molar-refractivity contribution in [3.63, 3.8) is 0 Å². The zero-order valence-electron chi connectivity index (χ0n) is 16.3. The molecule has 0 radical (unpaired) electrons. The molecule has 4 aromatic rings. The number of para-hydroxylation sites is 2. The van der Waals surface area contributed by atoms with Crippen LogP contribution in [0.4, 0.5) is 16.2 Å². The third kappa shape index (κ3) is 3.37. The topological polar surface area (TPSA) is 41.4 Å². The van der Waals surface area contributed by atoms with Crippen LogP contribution in [-0.2, 0) is 6.54 Å². The average molecular weight is 392 g/mol. The molecule has 0 spiro atoms. The fraction of sp³-hybridized carbons (Fsp3) is 0.0400. The fourth-order valence-electron chi connectivity index (χ4n) is 3.57. The van der Waals surface area contributed by atoms with Crippen LogP contribution in [0.15, 0.2) is 97.3 Å². The van der Waals surface area contributed by atoms with E-state index in [1.807, 2.05) is 97.6 Å². The van der Waals surface area contributed by atoms with Crippen LogP contribution < -0.4 is 20.5 Å². The molecule has 146 valence electrons. The summed E-state index contributed by atoms with van der Waals surface area (Å²) in [7, 11) is 0. The van der Waals surface area contributed by atoms with Crippen LogP contribution in [0.2, 0.25) is 0 Å². The van der Waals surface area contributed by atoms with Gasteiger partial charge in [-0.05, 0) is 29.8 Å². The van der Waals surface area contributed by atoms with Gasteiger partial charge in [-0.15, -0.1) is 0 Å². The number of anilines is 2. The Balaban J connectivity index is 1.69. The highest BCUT2D eigenvalue weighted by molar-refractivity contribution is 6.11. The van der Waals surface area contributed by atoms with Crippen molar-refractivity contribution in [2.24, 2.45) is 0 Å². The van der Waals surface area contributed by atoms with Crippen molar-refractivity contribution >= 4 is 29.8 Å². The summed E-state index contributed by atoms with van der Waals surface area (Å²) in [6.07, 6.45) is 5.52. The van der Waals surface area contributed by atoms with Gasteiger partial charge >= 0.3 is 6.03 Å². The number of urea groups is 1. The molecule has 0 N–H and O–H groups in total. The van der Waals surface area contributed by atoms with Crippen molar-refractivity contribution in [2.45, 2.75) is 6.54 Å². The van der Waals surface area contributed by atoms with Gasteiger partial charge in [0.2, 0.25) is 0 Å². The predicted octanol–water partition coefficient (Wildman–Crippen LogP) is 3.55. The van der Waals surface area contributed by atoms with E-state index < -0.39 is 0 Å². The fourth-order valence-corrected chi connectivity index (χ4v) is 3.57. The Bertz CT molecular complexity index is 1280. The van der Waals surface area contributed by atoms with E-state index in [0.717, 1.165) is 22.1 Å². The molecule has 0 unspecified atom stereocenters. The van der Waals surface area contributed by atoms with Crippen molar-refractivity contribution in [2.75, 3.05) is 9.80 Å². The number of hydrogen-bond donors (Lipinski definition) is 0. The van der Waals surface area contributed by atoms with Gasteiger partial charge in [0.1, 0.15) is 5.35 Å². The van der Waals surface area contributed by atoms with E-state index in [4.69, 9.17) is 0 Å². The maximum atomic E-state index is 13.5. The molecule has 0 saturated carbocycles. The number of aromatic nitrogens is 2. The lowest BCUT2D eigenvalue weighted by Gasteiger charge is -2.25. The minimum absolute atomic E-state index is 0.156. The maximum Gasteiger partial charge on any atom is 0.337 e. The molecule has 0 bridgehead atoms. The number of amides is 2. The molecule has 1 aromatic heterocycles. The van der Waals surface area contributed by atoms with Gasteiger partial charge in [-0.1, -0.05) is 66.7 Å². The summed E-state index contributed by atoms with van der Waals surface area (Å²) in [4.78, 5) is 21.5. The summed E-state index contributed by atoms with van der Waals surface area (Å²) < 4.78 is 2.07. The second-order valence-electron chi connectivity index (χ2n) is 7.08. The zero-order chi connectivity index (χ0) is 20.3. The van der Waals surface area contributed by atoms with Gasteiger partial charge in [0.15, 0.2) is 0 Å². The van der Waals surface area contributed by atoms with Crippen molar-refractivity contribution < 1.29 is 4.79 Å². The van der Waals surface area contributed by atoms with Gasteiger partial charge < -0.3 is 4.57 Å². The Hall–Kier alpha value is -4.12. The van der Waals surface area contributed by atoms with Crippen LogP contribution in [0.3, 0.4) is 0 Å². The van der Waals surface area contributed by atoms with E-state index in [2.05, 4.69) is 21.7 Å². The molecule has 0 aliphatic carbocycles. The smallest absolute Gasteiger partial charge is 0.325 e. The highest BCUT2D eigenvalue weighted by atomic mass is 16.2. The van der Waals surface area contributed by atoms with Crippen molar-refractivity contribution in [3.05, 3.63) is 114 Å². The number of benzene rings is 3. The normalized spacial score (nSPS) is 13.3. The molecule has 3 aromatic carbocycles. The number of rotatable bonds is 4. The standard InChI is InChI=1S/C25H20N4O/c30-25-28(21-12-6-2-7-13-21)17-23-24(18-29(25)22-14-8-3-9-15-22)27(19-26-23)16-20-10-4-1-5-11-20/h1-15,17-19H,16H2. The maximum absolute atomic E-state index is 13.5. The van der Waals surface area contributed by atoms with E-state index in [1.165, 1.54) is 5.56 Å². The van der Waals surface area contributed by atoms with Crippen LogP contribution in [0.1, 0.15) is 5.56 Å². The SMILES string of the molecule is O=C1N(c2ccccc2)C=c2ncn(Cc3ccccc3)c2=CN1c1ccccc1. The number of carbonyl (C=O) groups is 1. The van der Waals surface area contributed by atoms with Gasteiger partial charge in [-0.3, -0.25) is 9.80 Å². The summed E-state index contributed by atoms with van der Waals surface area (Å²) >= 11 is 0. The summed E-state index contributed by atoms with van der Waals surface area (Å²) in [5.41, 5.74) is 2.77. The van der Waals surface area contributed by atoms with Crippen molar-refractivity contribution in [1.82, 2.24) is 9.55 Å². The molecule has 2 amide bonds. The molecular formula is C25H20N4O. The Morgan fingerprint density at radius 3 is 1.80 bits per heavy atom. The number of imidazole rings is 1. The van der Waals surface area contributed by atoms with Crippen LogP contribution >= 0.6 is 0 Å². The third-order valence-electron chi connectivity index (χ3n) is 5.09. The molecule has 0 saturated heterocycles. The van der Waals surface area contributed by atoms with E-state index in [-0.39, 0.29) is 6.03 Å². The molecule has 0 fully saturated rings.